The molecule has 0 saturated carbocycles. The van der Waals surface area contributed by atoms with Gasteiger partial charge in [-0.05, 0) is 43.9 Å². The van der Waals surface area contributed by atoms with Crippen LogP contribution in [0.25, 0.3) is 0 Å². The van der Waals surface area contributed by atoms with Crippen LogP contribution in [0.15, 0.2) is 24.3 Å². The van der Waals surface area contributed by atoms with Crippen LogP contribution in [-0.4, -0.2) is 81.4 Å². The molecule has 31 heavy (non-hydrogen) atoms. The zero-order chi connectivity index (χ0) is 22.3. The molecule has 0 spiro atoms. The Morgan fingerprint density at radius 3 is 2.65 bits per heavy atom. The molecule has 164 valence electrons. The van der Waals surface area contributed by atoms with Crippen LogP contribution in [0.2, 0.25) is 0 Å². The van der Waals surface area contributed by atoms with Crippen LogP contribution in [0.1, 0.15) is 48.1 Å². The second-order valence-corrected chi connectivity index (χ2v) is 8.63. The van der Waals surface area contributed by atoms with Gasteiger partial charge < -0.3 is 20.6 Å². The van der Waals surface area contributed by atoms with Crippen molar-refractivity contribution < 1.29 is 19.5 Å². The number of aromatic carboxylic acids is 1. The highest BCUT2D eigenvalue weighted by molar-refractivity contribution is 5.88. The molecule has 0 aromatic heterocycles. The van der Waals surface area contributed by atoms with Crippen LogP contribution in [0.4, 0.5) is 0 Å². The molecule has 3 N–H and O–H groups in total. The summed E-state index contributed by atoms with van der Waals surface area (Å²) in [6.07, 6.45) is 2.19. The number of hydrogen-bond donors (Lipinski definition) is 2. The fraction of sp³-hybridized carbons (Fsp3) is 0.545. The Morgan fingerprint density at radius 1 is 1.32 bits per heavy atom. The average Bonchev–Trinajstić information content (AvgIpc) is 3.47. The van der Waals surface area contributed by atoms with Crippen LogP contribution >= 0.6 is 0 Å². The van der Waals surface area contributed by atoms with E-state index in [4.69, 9.17) is 10.8 Å². The lowest BCUT2D eigenvalue weighted by molar-refractivity contribution is -0.141. The number of hydrogen-bond acceptors (Lipinski definition) is 6. The molecule has 3 aliphatic heterocycles. The van der Waals surface area contributed by atoms with Crippen molar-refractivity contribution in [1.29, 1.82) is 5.26 Å². The number of carboxylic acids is 1. The first-order valence-corrected chi connectivity index (χ1v) is 10.7. The van der Waals surface area contributed by atoms with Gasteiger partial charge in [0.2, 0.25) is 11.8 Å². The maximum atomic E-state index is 13.1. The second-order valence-electron chi connectivity index (χ2n) is 8.63. The second kappa shape index (κ2) is 8.29. The van der Waals surface area contributed by atoms with Crippen LogP contribution in [0.5, 0.6) is 0 Å². The fourth-order valence-corrected chi connectivity index (χ4v) is 5.17. The number of rotatable bonds is 6. The number of likely N-dealkylation sites (tertiary alicyclic amines) is 3. The van der Waals surface area contributed by atoms with Crippen LogP contribution < -0.4 is 5.73 Å². The smallest absolute Gasteiger partial charge is 0.335 e. The van der Waals surface area contributed by atoms with Gasteiger partial charge in [0.05, 0.1) is 29.8 Å². The van der Waals surface area contributed by atoms with Gasteiger partial charge in [-0.15, -0.1) is 0 Å². The van der Waals surface area contributed by atoms with Gasteiger partial charge >= 0.3 is 5.97 Å². The summed E-state index contributed by atoms with van der Waals surface area (Å²) in [6.45, 7) is 3.46. The van der Waals surface area contributed by atoms with Crippen molar-refractivity contribution in [3.63, 3.8) is 0 Å². The van der Waals surface area contributed by atoms with Crippen LogP contribution in [0, 0.1) is 11.3 Å². The number of nitriles is 1. The molecule has 9 nitrogen and oxygen atoms in total. The molecular weight excluding hydrogens is 398 g/mol. The molecule has 2 amide bonds. The lowest BCUT2D eigenvalue weighted by Crippen LogP contribution is -2.56. The van der Waals surface area contributed by atoms with Gasteiger partial charge in [0.25, 0.3) is 0 Å². The molecule has 4 rings (SSSR count). The Hall–Kier alpha value is -2.96. The summed E-state index contributed by atoms with van der Waals surface area (Å²) in [7, 11) is 0. The zero-order valence-electron chi connectivity index (χ0n) is 17.5. The molecule has 1 aromatic rings. The Balaban J connectivity index is 1.39. The maximum Gasteiger partial charge on any atom is 0.335 e. The molecule has 3 aliphatic rings. The van der Waals surface area contributed by atoms with E-state index >= 15 is 0 Å². The minimum atomic E-state index is -0.980. The van der Waals surface area contributed by atoms with E-state index < -0.39 is 18.1 Å². The van der Waals surface area contributed by atoms with Crippen molar-refractivity contribution in [2.45, 2.75) is 56.4 Å². The van der Waals surface area contributed by atoms with Crippen LogP contribution in [-0.2, 0) is 9.59 Å². The van der Waals surface area contributed by atoms with Crippen LogP contribution in [0.3, 0.4) is 0 Å². The maximum absolute atomic E-state index is 13.1. The van der Waals surface area contributed by atoms with E-state index in [0.29, 0.717) is 32.5 Å². The monoisotopic (exact) mass is 425 g/mol. The zero-order valence-corrected chi connectivity index (χ0v) is 17.5. The van der Waals surface area contributed by atoms with Crippen molar-refractivity contribution >= 4 is 17.8 Å². The summed E-state index contributed by atoms with van der Waals surface area (Å²) in [5, 5.41) is 18.3. The molecule has 3 fully saturated rings. The van der Waals surface area contributed by atoms with Crippen molar-refractivity contribution in [3.05, 3.63) is 35.4 Å². The first-order chi connectivity index (χ1) is 14.8. The normalized spacial score (nSPS) is 27.4. The first-order valence-electron chi connectivity index (χ1n) is 10.7. The molecule has 5 atom stereocenters. The predicted octanol–water partition coefficient (Wildman–Crippen LogP) is 0.573. The van der Waals surface area contributed by atoms with Crippen molar-refractivity contribution in [3.8, 4) is 6.07 Å². The number of carboxylic acid groups (broad SMARTS) is 1. The topological polar surface area (TPSA) is 131 Å². The van der Waals surface area contributed by atoms with Crippen molar-refractivity contribution in [2.24, 2.45) is 5.73 Å². The largest absolute Gasteiger partial charge is 0.478 e. The predicted molar refractivity (Wildman–Crippen MR) is 111 cm³/mol. The minimum Gasteiger partial charge on any atom is -0.478 e. The quantitative estimate of drug-likeness (QED) is 0.681. The number of piperazine rings is 1. The summed E-state index contributed by atoms with van der Waals surface area (Å²) < 4.78 is 0. The number of fused-ring (bicyclic) bond motifs is 2. The number of benzene rings is 1. The first kappa shape index (κ1) is 21.3. The Kier molecular flexibility index (Phi) is 5.69. The van der Waals surface area contributed by atoms with Gasteiger partial charge in [-0.2, -0.15) is 5.26 Å². The molecule has 1 aromatic carbocycles. The fourth-order valence-electron chi connectivity index (χ4n) is 5.17. The molecule has 2 bridgehead atoms. The molecule has 3 heterocycles. The third-order valence-corrected chi connectivity index (χ3v) is 6.80. The molecular formula is C22H27N5O4. The van der Waals surface area contributed by atoms with E-state index in [-0.39, 0.29) is 35.5 Å². The van der Waals surface area contributed by atoms with E-state index in [1.54, 1.807) is 29.2 Å². The van der Waals surface area contributed by atoms with Gasteiger partial charge in [-0.25, -0.2) is 4.79 Å². The molecule has 1 unspecified atom stereocenters. The third kappa shape index (κ3) is 3.77. The van der Waals surface area contributed by atoms with E-state index in [1.807, 2.05) is 16.7 Å². The number of nitrogens with zero attached hydrogens (tertiary/aromatic N) is 4. The van der Waals surface area contributed by atoms with Crippen molar-refractivity contribution in [1.82, 2.24) is 14.7 Å². The molecule has 3 saturated heterocycles. The SMILES string of the molecule is C[C@H](c1ccc(C(=O)O)cc1)N1C(=O)[C@H]2CC1CN2C[C@H](N)C(=O)N1CCC[C@H]1C#N. The highest BCUT2D eigenvalue weighted by atomic mass is 16.4. The Labute approximate surface area is 181 Å². The average molecular weight is 425 g/mol. The van der Waals surface area contributed by atoms with Gasteiger partial charge in [0.15, 0.2) is 0 Å². The lowest BCUT2D eigenvalue weighted by atomic mass is 10.0. The van der Waals surface area contributed by atoms with Gasteiger partial charge in [0, 0.05) is 25.7 Å². The van der Waals surface area contributed by atoms with Gasteiger partial charge in [0.1, 0.15) is 6.04 Å². The molecule has 0 radical (unpaired) electrons. The number of nitrogens with two attached hydrogens (primary N) is 1. The lowest BCUT2D eigenvalue weighted by Gasteiger charge is -2.38. The number of carbonyl (C=O) groups is 3. The molecule has 9 heteroatoms. The third-order valence-electron chi connectivity index (χ3n) is 6.80. The highest BCUT2D eigenvalue weighted by Crippen LogP contribution is 2.38. The van der Waals surface area contributed by atoms with Crippen molar-refractivity contribution in [2.75, 3.05) is 19.6 Å². The molecule has 0 aliphatic carbocycles. The summed E-state index contributed by atoms with van der Waals surface area (Å²) >= 11 is 0. The van der Waals surface area contributed by atoms with E-state index in [1.165, 1.54) is 0 Å². The summed E-state index contributed by atoms with van der Waals surface area (Å²) in [5.74, 6) is -1.18. The van der Waals surface area contributed by atoms with E-state index in [9.17, 15) is 19.6 Å². The highest BCUT2D eigenvalue weighted by Gasteiger charge is 2.51. The number of carbonyl (C=O) groups excluding carboxylic acids is 2. The minimum absolute atomic E-state index is 0.0155. The van der Waals surface area contributed by atoms with Gasteiger partial charge in [-0.3, -0.25) is 14.5 Å². The summed E-state index contributed by atoms with van der Waals surface area (Å²) in [5.41, 5.74) is 7.28. The van der Waals surface area contributed by atoms with E-state index in [2.05, 4.69) is 6.07 Å². The summed E-state index contributed by atoms with van der Waals surface area (Å²) in [4.78, 5) is 42.3. The summed E-state index contributed by atoms with van der Waals surface area (Å²) in [6, 6.07) is 7.19. The Bertz CT molecular complexity index is 927. The Morgan fingerprint density at radius 2 is 2.03 bits per heavy atom. The number of amides is 2. The standard InChI is InChI=1S/C22H27N5O4/c1-13(14-4-6-15(7-5-14)22(30)31)27-17-9-19(21(27)29)25(11-17)12-18(24)20(28)26-8-2-3-16(26)10-23/h4-7,13,16-19H,2-3,8-9,11-12,24H2,1H3,(H,30,31)/t13-,16+,17?,18+,19-/m1/s1. The van der Waals surface area contributed by atoms with Gasteiger partial charge in [-0.1, -0.05) is 12.1 Å². The van der Waals surface area contributed by atoms with E-state index in [0.717, 1.165) is 12.0 Å².